The zero-order valence-corrected chi connectivity index (χ0v) is 11.7. The molecule has 0 aromatic rings. The van der Waals surface area contributed by atoms with Crippen molar-refractivity contribution in [2.45, 2.75) is 63.0 Å². The fourth-order valence-corrected chi connectivity index (χ4v) is 3.81. The van der Waals surface area contributed by atoms with Crippen molar-refractivity contribution < 1.29 is 33.6 Å². The van der Waals surface area contributed by atoms with E-state index < -0.39 is 30.3 Å². The Kier molecular flexibility index (Phi) is 2.83. The summed E-state index contributed by atoms with van der Waals surface area (Å²) in [6.07, 6.45) is 0.483. The van der Waals surface area contributed by atoms with Crippen LogP contribution in [0.25, 0.3) is 0 Å². The summed E-state index contributed by atoms with van der Waals surface area (Å²) in [4.78, 5) is 22.6. The molecule has 116 valence electrons. The first-order valence-electron chi connectivity index (χ1n) is 7.43. The number of hydrogen-bond donors (Lipinski definition) is 1. The third-order valence-electron chi connectivity index (χ3n) is 5.10. The third-order valence-corrected chi connectivity index (χ3v) is 5.10. The summed E-state index contributed by atoms with van der Waals surface area (Å²) in [7, 11) is 0. The van der Waals surface area contributed by atoms with E-state index >= 15 is 0 Å². The topological polar surface area (TPSA) is 91.3 Å². The molecule has 3 aliphatic heterocycles. The molecule has 5 unspecified atom stereocenters. The fourth-order valence-electron chi connectivity index (χ4n) is 3.81. The van der Waals surface area contributed by atoms with Crippen molar-refractivity contribution in [2.24, 2.45) is 11.8 Å². The molecule has 4 aliphatic rings. The van der Waals surface area contributed by atoms with Gasteiger partial charge in [0, 0.05) is 12.8 Å². The van der Waals surface area contributed by atoms with Crippen LogP contribution in [0.4, 0.5) is 0 Å². The SMILES string of the molecule is CC1C(=O)OC2C3OC4(CCC(C(=O)O)CC4)OC3OC12. The first kappa shape index (κ1) is 13.5. The average molecular weight is 298 g/mol. The van der Waals surface area contributed by atoms with Gasteiger partial charge in [0.25, 0.3) is 0 Å². The smallest absolute Gasteiger partial charge is 0.311 e. The average Bonchev–Trinajstić information content (AvgIpc) is 3.02. The quantitative estimate of drug-likeness (QED) is 0.711. The summed E-state index contributed by atoms with van der Waals surface area (Å²) in [5.41, 5.74) is 0. The molecule has 7 heteroatoms. The summed E-state index contributed by atoms with van der Waals surface area (Å²) in [6.45, 7) is 1.78. The largest absolute Gasteiger partial charge is 0.481 e. The Bertz CT molecular complexity index is 482. The lowest BCUT2D eigenvalue weighted by Crippen LogP contribution is -2.40. The molecule has 1 N–H and O–H groups in total. The van der Waals surface area contributed by atoms with Crippen molar-refractivity contribution in [1.82, 2.24) is 0 Å². The molecule has 4 fully saturated rings. The van der Waals surface area contributed by atoms with Crippen LogP contribution in [0.1, 0.15) is 32.6 Å². The van der Waals surface area contributed by atoms with E-state index in [-0.39, 0.29) is 23.9 Å². The minimum Gasteiger partial charge on any atom is -0.481 e. The van der Waals surface area contributed by atoms with Crippen molar-refractivity contribution in [3.8, 4) is 0 Å². The molecule has 3 saturated heterocycles. The molecule has 0 radical (unpaired) electrons. The van der Waals surface area contributed by atoms with Crippen LogP contribution in [-0.2, 0) is 28.5 Å². The van der Waals surface area contributed by atoms with E-state index in [0.717, 1.165) is 0 Å². The molecule has 4 rings (SSSR count). The molecule has 0 amide bonds. The van der Waals surface area contributed by atoms with E-state index in [4.69, 9.17) is 24.1 Å². The van der Waals surface area contributed by atoms with Crippen molar-refractivity contribution >= 4 is 11.9 Å². The number of ether oxygens (including phenoxy) is 4. The van der Waals surface area contributed by atoms with E-state index in [9.17, 15) is 9.59 Å². The number of carbonyl (C=O) groups is 2. The first-order valence-corrected chi connectivity index (χ1v) is 7.43. The lowest BCUT2D eigenvalue weighted by molar-refractivity contribution is -0.246. The standard InChI is InChI=1S/C14H18O7/c1-6-8-9(18-12(6)17)10-13(19-8)21-14(20-10)4-2-7(3-5-14)11(15)16/h6-10,13H,2-5H2,1H3,(H,15,16). The molecule has 7 nitrogen and oxygen atoms in total. The van der Waals surface area contributed by atoms with Crippen molar-refractivity contribution in [3.05, 3.63) is 0 Å². The maximum Gasteiger partial charge on any atom is 0.311 e. The van der Waals surface area contributed by atoms with Gasteiger partial charge < -0.3 is 24.1 Å². The van der Waals surface area contributed by atoms with Gasteiger partial charge in [-0.25, -0.2) is 0 Å². The number of aliphatic carboxylic acids is 1. The summed E-state index contributed by atoms with van der Waals surface area (Å²) in [5.74, 6) is -2.43. The molecule has 1 saturated carbocycles. The van der Waals surface area contributed by atoms with Gasteiger partial charge in [-0.15, -0.1) is 0 Å². The highest BCUT2D eigenvalue weighted by atomic mass is 16.8. The van der Waals surface area contributed by atoms with E-state index in [1.54, 1.807) is 6.92 Å². The van der Waals surface area contributed by atoms with Crippen LogP contribution in [0.5, 0.6) is 0 Å². The number of carboxylic acid groups (broad SMARTS) is 1. The molecule has 0 aromatic heterocycles. The van der Waals surface area contributed by atoms with Crippen LogP contribution >= 0.6 is 0 Å². The van der Waals surface area contributed by atoms with Gasteiger partial charge in [0.1, 0.15) is 6.10 Å². The van der Waals surface area contributed by atoms with Crippen LogP contribution < -0.4 is 0 Å². The van der Waals surface area contributed by atoms with Gasteiger partial charge in [-0.2, -0.15) is 0 Å². The highest BCUT2D eigenvalue weighted by molar-refractivity contribution is 5.75. The number of hydrogen-bond acceptors (Lipinski definition) is 6. The molecule has 1 spiro atoms. The second kappa shape index (κ2) is 4.41. The molecule has 21 heavy (non-hydrogen) atoms. The minimum atomic E-state index is -0.773. The number of fused-ring (bicyclic) bond motifs is 3. The summed E-state index contributed by atoms with van der Waals surface area (Å²) < 4.78 is 23.1. The monoisotopic (exact) mass is 298 g/mol. The Hall–Kier alpha value is -1.18. The Labute approximate surface area is 121 Å². The van der Waals surface area contributed by atoms with Gasteiger partial charge in [0.05, 0.1) is 11.8 Å². The summed E-state index contributed by atoms with van der Waals surface area (Å²) in [5, 5.41) is 9.05. The fraction of sp³-hybridized carbons (Fsp3) is 0.857. The van der Waals surface area contributed by atoms with Crippen molar-refractivity contribution in [1.29, 1.82) is 0 Å². The maximum absolute atomic E-state index is 11.6. The minimum absolute atomic E-state index is 0.261. The number of esters is 1. The van der Waals surface area contributed by atoms with Gasteiger partial charge in [0.2, 0.25) is 0 Å². The molecule has 0 bridgehead atoms. The Morgan fingerprint density at radius 1 is 1.19 bits per heavy atom. The van der Waals surface area contributed by atoms with E-state index in [1.807, 2.05) is 0 Å². The molecular weight excluding hydrogens is 280 g/mol. The van der Waals surface area contributed by atoms with Gasteiger partial charge in [-0.05, 0) is 19.8 Å². The number of rotatable bonds is 1. The highest BCUT2D eigenvalue weighted by Crippen LogP contribution is 2.49. The molecule has 1 aliphatic carbocycles. The van der Waals surface area contributed by atoms with Crippen LogP contribution in [-0.4, -0.2) is 47.4 Å². The Morgan fingerprint density at radius 3 is 2.57 bits per heavy atom. The van der Waals surface area contributed by atoms with Gasteiger partial charge in [-0.1, -0.05) is 0 Å². The van der Waals surface area contributed by atoms with Crippen molar-refractivity contribution in [2.75, 3.05) is 0 Å². The molecule has 0 aromatic carbocycles. The first-order chi connectivity index (χ1) is 9.99. The Balaban J connectivity index is 1.46. The third kappa shape index (κ3) is 1.91. The van der Waals surface area contributed by atoms with E-state index in [2.05, 4.69) is 0 Å². The summed E-state index contributed by atoms with van der Waals surface area (Å²) in [6, 6.07) is 0. The predicted molar refractivity (Wildman–Crippen MR) is 66.0 cm³/mol. The molecule has 5 atom stereocenters. The number of carbonyl (C=O) groups excluding carboxylic acids is 1. The van der Waals surface area contributed by atoms with Gasteiger partial charge >= 0.3 is 11.9 Å². The molecule has 3 heterocycles. The lowest BCUT2D eigenvalue weighted by Gasteiger charge is -2.35. The zero-order valence-electron chi connectivity index (χ0n) is 11.7. The predicted octanol–water partition coefficient (Wildman–Crippen LogP) is 0.659. The van der Waals surface area contributed by atoms with Crippen molar-refractivity contribution in [3.63, 3.8) is 0 Å². The molecular formula is C14H18O7. The van der Waals surface area contributed by atoms with E-state index in [0.29, 0.717) is 25.7 Å². The van der Waals surface area contributed by atoms with Gasteiger partial charge in [0.15, 0.2) is 24.3 Å². The lowest BCUT2D eigenvalue weighted by atomic mass is 9.85. The van der Waals surface area contributed by atoms with Crippen LogP contribution in [0.15, 0.2) is 0 Å². The van der Waals surface area contributed by atoms with Gasteiger partial charge in [-0.3, -0.25) is 9.59 Å². The van der Waals surface area contributed by atoms with Crippen LogP contribution in [0.2, 0.25) is 0 Å². The maximum atomic E-state index is 11.6. The Morgan fingerprint density at radius 2 is 1.90 bits per heavy atom. The second-order valence-electron chi connectivity index (χ2n) is 6.38. The number of carboxylic acids is 1. The second-order valence-corrected chi connectivity index (χ2v) is 6.38. The zero-order chi connectivity index (χ0) is 14.8. The normalized spacial score (nSPS) is 51.8. The van der Waals surface area contributed by atoms with Crippen LogP contribution in [0.3, 0.4) is 0 Å². The van der Waals surface area contributed by atoms with E-state index in [1.165, 1.54) is 0 Å². The highest BCUT2D eigenvalue weighted by Gasteiger charge is 2.64. The summed E-state index contributed by atoms with van der Waals surface area (Å²) >= 11 is 0. The van der Waals surface area contributed by atoms with Crippen LogP contribution in [0, 0.1) is 11.8 Å².